The molecular weight excluding hydrogens is 240 g/mol. The largest absolute Gasteiger partial charge is 0.481 e. The van der Waals surface area contributed by atoms with E-state index < -0.39 is 24.2 Å². The van der Waals surface area contributed by atoms with E-state index in [9.17, 15) is 13.6 Å². The molecule has 1 fully saturated rings. The Kier molecular flexibility index (Phi) is 7.58. The number of carboxylic acids is 1. The molecule has 16 heavy (non-hydrogen) atoms. The van der Waals surface area contributed by atoms with Gasteiger partial charge in [0.25, 0.3) is 0 Å². The lowest BCUT2D eigenvalue weighted by atomic mass is 9.78. The van der Waals surface area contributed by atoms with Gasteiger partial charge in [0.1, 0.15) is 0 Å². The van der Waals surface area contributed by atoms with Gasteiger partial charge in [-0.15, -0.1) is 11.6 Å². The monoisotopic (exact) mass is 257 g/mol. The van der Waals surface area contributed by atoms with Crippen LogP contribution in [0.25, 0.3) is 0 Å². The van der Waals surface area contributed by atoms with E-state index in [1.165, 1.54) is 0 Å². The lowest BCUT2D eigenvalue weighted by Crippen LogP contribution is -2.46. The van der Waals surface area contributed by atoms with E-state index in [1.54, 1.807) is 0 Å². The number of piperidine rings is 1. The first-order chi connectivity index (χ1) is 7.48. The van der Waals surface area contributed by atoms with Crippen molar-refractivity contribution < 1.29 is 18.7 Å². The van der Waals surface area contributed by atoms with E-state index in [0.29, 0.717) is 12.8 Å². The van der Waals surface area contributed by atoms with Gasteiger partial charge in [-0.2, -0.15) is 0 Å². The summed E-state index contributed by atoms with van der Waals surface area (Å²) in [4.78, 5) is 10.8. The zero-order valence-corrected chi connectivity index (χ0v) is 10.1. The lowest BCUT2D eigenvalue weighted by molar-refractivity contribution is -0.153. The molecule has 0 saturated carbocycles. The zero-order valence-electron chi connectivity index (χ0n) is 9.31. The van der Waals surface area contributed by atoms with Crippen LogP contribution in [0, 0.1) is 5.41 Å². The summed E-state index contributed by atoms with van der Waals surface area (Å²) in [5, 5.41) is 11.7. The van der Waals surface area contributed by atoms with Crippen molar-refractivity contribution in [2.45, 2.75) is 32.6 Å². The van der Waals surface area contributed by atoms with Crippen molar-refractivity contribution in [3.8, 4) is 0 Å². The molecule has 1 unspecified atom stereocenters. The quantitative estimate of drug-likeness (QED) is 0.763. The fourth-order valence-corrected chi connectivity index (χ4v) is 1.71. The summed E-state index contributed by atoms with van der Waals surface area (Å²) >= 11 is 5.00. The molecule has 1 rings (SSSR count). The summed E-state index contributed by atoms with van der Waals surface area (Å²) in [6.07, 6.45) is -2.09. The predicted molar refractivity (Wildman–Crippen MR) is 59.2 cm³/mol. The second kappa shape index (κ2) is 7.79. The first kappa shape index (κ1) is 15.6. The highest BCUT2D eigenvalue weighted by Gasteiger charge is 2.41. The molecule has 1 aliphatic heterocycles. The van der Waals surface area contributed by atoms with Gasteiger partial charge in [-0.25, -0.2) is 8.78 Å². The molecule has 0 aliphatic carbocycles. The van der Waals surface area contributed by atoms with Crippen molar-refractivity contribution in [1.82, 2.24) is 5.32 Å². The minimum atomic E-state index is -2.55. The highest BCUT2D eigenvalue weighted by Crippen LogP contribution is 2.33. The van der Waals surface area contributed by atoms with Crippen molar-refractivity contribution in [1.29, 1.82) is 0 Å². The molecule has 6 heteroatoms. The summed E-state index contributed by atoms with van der Waals surface area (Å²) in [5.74, 6) is -0.389. The van der Waals surface area contributed by atoms with Gasteiger partial charge in [0, 0.05) is 18.8 Å². The molecule has 0 aromatic carbocycles. The molecule has 2 N–H and O–H groups in total. The number of nitrogens with one attached hydrogen (secondary N) is 1. The first-order valence-electron chi connectivity index (χ1n) is 5.26. The molecule has 0 bridgehead atoms. The number of halogens is 3. The number of rotatable bonds is 3. The zero-order chi connectivity index (χ0) is 12.6. The third-order valence-corrected chi connectivity index (χ3v) is 2.47. The molecule has 0 spiro atoms. The van der Waals surface area contributed by atoms with Crippen LogP contribution in [0.15, 0.2) is 0 Å². The molecule has 1 saturated heterocycles. The third kappa shape index (κ3) is 5.07. The van der Waals surface area contributed by atoms with Crippen LogP contribution < -0.4 is 5.32 Å². The Balaban J connectivity index is 0.000000673. The lowest BCUT2D eigenvalue weighted by Gasteiger charge is -2.33. The van der Waals surface area contributed by atoms with Gasteiger partial charge in [0.15, 0.2) is 0 Å². The van der Waals surface area contributed by atoms with Crippen LogP contribution in [0.3, 0.4) is 0 Å². The Bertz CT molecular complexity index is 209. The fourth-order valence-electron chi connectivity index (χ4n) is 1.71. The van der Waals surface area contributed by atoms with E-state index in [0.717, 1.165) is 12.4 Å². The normalized spacial score (nSPS) is 24.8. The van der Waals surface area contributed by atoms with Crippen molar-refractivity contribution in [2.24, 2.45) is 5.41 Å². The van der Waals surface area contributed by atoms with E-state index in [1.807, 2.05) is 6.92 Å². The Morgan fingerprint density at radius 2 is 2.19 bits per heavy atom. The molecule has 0 amide bonds. The van der Waals surface area contributed by atoms with Gasteiger partial charge >= 0.3 is 5.97 Å². The average Bonchev–Trinajstić information content (AvgIpc) is 2.19. The molecule has 1 atom stereocenters. The van der Waals surface area contributed by atoms with E-state index in [2.05, 4.69) is 5.32 Å². The maximum atomic E-state index is 12.1. The van der Waals surface area contributed by atoms with Gasteiger partial charge in [-0.1, -0.05) is 6.92 Å². The summed E-state index contributed by atoms with van der Waals surface area (Å²) in [6, 6.07) is 0. The van der Waals surface area contributed by atoms with Crippen molar-refractivity contribution >= 4 is 17.6 Å². The van der Waals surface area contributed by atoms with E-state index >= 15 is 0 Å². The number of hydrogen-bond acceptors (Lipinski definition) is 2. The summed E-state index contributed by atoms with van der Waals surface area (Å²) in [7, 11) is 0. The standard InChI is InChI=1S/C8H13F2NO2.C2H5Cl/c9-6(10)4-8(7(12)13)2-1-3-11-5-8;1-2-3/h6,11H,1-5H2,(H,12,13);2H2,1H3. The van der Waals surface area contributed by atoms with Crippen LogP contribution in [0.2, 0.25) is 0 Å². The van der Waals surface area contributed by atoms with Gasteiger partial charge in [0.2, 0.25) is 6.43 Å². The minimum absolute atomic E-state index is 0.159. The fraction of sp³-hybridized carbons (Fsp3) is 0.900. The Hall–Kier alpha value is -0.420. The predicted octanol–water partition coefficient (Wildman–Crippen LogP) is 2.34. The van der Waals surface area contributed by atoms with Gasteiger partial charge in [-0.05, 0) is 19.4 Å². The number of carboxylic acid groups (broad SMARTS) is 1. The molecule has 1 heterocycles. The van der Waals surface area contributed by atoms with Crippen LogP contribution in [0.4, 0.5) is 8.78 Å². The van der Waals surface area contributed by atoms with Gasteiger partial charge in [-0.3, -0.25) is 4.79 Å². The maximum absolute atomic E-state index is 12.1. The second-order valence-corrected chi connectivity index (χ2v) is 4.26. The van der Waals surface area contributed by atoms with Crippen molar-refractivity contribution in [2.75, 3.05) is 19.0 Å². The van der Waals surface area contributed by atoms with E-state index in [4.69, 9.17) is 16.7 Å². The molecule has 0 radical (unpaired) electrons. The summed E-state index contributed by atoms with van der Waals surface area (Å²) < 4.78 is 24.3. The average molecular weight is 258 g/mol. The summed E-state index contributed by atoms with van der Waals surface area (Å²) in [5.41, 5.74) is -1.24. The van der Waals surface area contributed by atoms with Crippen molar-refractivity contribution in [3.63, 3.8) is 0 Å². The minimum Gasteiger partial charge on any atom is -0.481 e. The third-order valence-electron chi connectivity index (χ3n) is 2.47. The first-order valence-corrected chi connectivity index (χ1v) is 5.80. The molecule has 1 aliphatic rings. The highest BCUT2D eigenvalue weighted by atomic mass is 35.5. The van der Waals surface area contributed by atoms with Gasteiger partial charge < -0.3 is 10.4 Å². The molecule has 3 nitrogen and oxygen atoms in total. The summed E-state index contributed by atoms with van der Waals surface area (Å²) in [6.45, 7) is 2.77. The number of aliphatic carboxylic acids is 1. The molecule has 0 aromatic heterocycles. The van der Waals surface area contributed by atoms with Crippen LogP contribution in [-0.2, 0) is 4.79 Å². The molecule has 0 aromatic rings. The van der Waals surface area contributed by atoms with Crippen LogP contribution in [0.5, 0.6) is 0 Å². The molecular formula is C10H18ClF2NO2. The number of carbonyl (C=O) groups is 1. The van der Waals surface area contributed by atoms with Gasteiger partial charge in [0.05, 0.1) is 5.41 Å². The van der Waals surface area contributed by atoms with Crippen LogP contribution in [0.1, 0.15) is 26.2 Å². The second-order valence-electron chi connectivity index (χ2n) is 3.73. The van der Waals surface area contributed by atoms with Crippen molar-refractivity contribution in [3.05, 3.63) is 0 Å². The van der Waals surface area contributed by atoms with Crippen LogP contribution in [-0.4, -0.2) is 36.5 Å². The number of hydrogen-bond donors (Lipinski definition) is 2. The van der Waals surface area contributed by atoms with Crippen LogP contribution >= 0.6 is 11.6 Å². The Morgan fingerprint density at radius 1 is 1.62 bits per heavy atom. The molecule has 96 valence electrons. The van der Waals surface area contributed by atoms with E-state index in [-0.39, 0.29) is 6.54 Å². The topological polar surface area (TPSA) is 49.3 Å². The number of alkyl halides is 3. The SMILES string of the molecule is CCCl.O=C(O)C1(CC(F)F)CCCNC1. The Labute approximate surface area is 99.2 Å². The highest BCUT2D eigenvalue weighted by molar-refractivity contribution is 6.17. The smallest absolute Gasteiger partial charge is 0.311 e. The maximum Gasteiger partial charge on any atom is 0.311 e. The Morgan fingerprint density at radius 3 is 2.50 bits per heavy atom.